The molecule has 0 aliphatic rings. The third kappa shape index (κ3) is 8.28. The number of carbonyl (C=O) groups is 1. The summed E-state index contributed by atoms with van der Waals surface area (Å²) in [5.74, 6) is -0.876. The molecule has 2 N–H and O–H groups in total. The predicted molar refractivity (Wildman–Crippen MR) is 93.9 cm³/mol. The summed E-state index contributed by atoms with van der Waals surface area (Å²) in [7, 11) is 0. The van der Waals surface area contributed by atoms with Gasteiger partial charge in [-0.3, -0.25) is 4.79 Å². The van der Waals surface area contributed by atoms with Gasteiger partial charge in [0.15, 0.2) is 0 Å². The minimum absolute atomic E-state index is 0.0896. The Morgan fingerprint density at radius 1 is 1.09 bits per heavy atom. The molecular formula is C18H28ClNO2. The highest BCUT2D eigenvalue weighted by molar-refractivity contribution is 6.31. The van der Waals surface area contributed by atoms with Crippen LogP contribution in [0.2, 0.25) is 5.02 Å². The Balaban J connectivity index is 2.21. The fourth-order valence-corrected chi connectivity index (χ4v) is 2.76. The van der Waals surface area contributed by atoms with Crippen molar-refractivity contribution < 1.29 is 9.90 Å². The number of benzene rings is 1. The number of anilines is 1. The molecule has 1 aromatic carbocycles. The van der Waals surface area contributed by atoms with Crippen molar-refractivity contribution in [1.29, 1.82) is 0 Å². The van der Waals surface area contributed by atoms with Crippen molar-refractivity contribution in [2.24, 2.45) is 0 Å². The maximum absolute atomic E-state index is 10.5. The number of unbranched alkanes of at least 4 members (excludes halogenated alkanes) is 7. The van der Waals surface area contributed by atoms with Gasteiger partial charge in [0.1, 0.15) is 6.54 Å². The van der Waals surface area contributed by atoms with Crippen molar-refractivity contribution in [2.45, 2.75) is 64.7 Å². The van der Waals surface area contributed by atoms with Crippen LogP contribution in [0.3, 0.4) is 0 Å². The first-order valence-corrected chi connectivity index (χ1v) is 8.75. The van der Waals surface area contributed by atoms with Crippen LogP contribution in [0.25, 0.3) is 0 Å². The number of rotatable bonds is 12. The van der Waals surface area contributed by atoms with E-state index in [9.17, 15) is 4.79 Å². The summed E-state index contributed by atoms with van der Waals surface area (Å²) in [6, 6.07) is 5.70. The van der Waals surface area contributed by atoms with Crippen LogP contribution in [0.4, 0.5) is 5.69 Å². The standard InChI is InChI=1S/C18H28ClNO2/c1-2-3-4-5-6-7-8-9-10-15-11-12-16(13-17(15)19)20-14-18(21)22/h11-13,20H,2-10,14H2,1H3,(H,21,22). The van der Waals surface area contributed by atoms with E-state index in [4.69, 9.17) is 16.7 Å². The average molecular weight is 326 g/mol. The fourth-order valence-electron chi connectivity index (χ4n) is 2.49. The molecule has 0 amide bonds. The zero-order valence-electron chi connectivity index (χ0n) is 13.5. The third-order valence-electron chi connectivity index (χ3n) is 3.80. The SMILES string of the molecule is CCCCCCCCCCc1ccc(NCC(=O)O)cc1Cl. The minimum Gasteiger partial charge on any atom is -0.480 e. The maximum atomic E-state index is 10.5. The molecule has 0 fully saturated rings. The van der Waals surface area contributed by atoms with E-state index in [0.29, 0.717) is 0 Å². The zero-order valence-corrected chi connectivity index (χ0v) is 14.3. The first kappa shape index (κ1) is 18.8. The van der Waals surface area contributed by atoms with Gasteiger partial charge in [-0.25, -0.2) is 0 Å². The van der Waals surface area contributed by atoms with E-state index in [0.717, 1.165) is 29.1 Å². The lowest BCUT2D eigenvalue weighted by atomic mass is 10.0. The molecule has 0 heterocycles. The van der Waals surface area contributed by atoms with Gasteiger partial charge < -0.3 is 10.4 Å². The zero-order chi connectivity index (χ0) is 16.2. The van der Waals surface area contributed by atoms with E-state index >= 15 is 0 Å². The molecule has 0 atom stereocenters. The summed E-state index contributed by atoms with van der Waals surface area (Å²) < 4.78 is 0. The second kappa shape index (κ2) is 11.4. The summed E-state index contributed by atoms with van der Waals surface area (Å²) in [4.78, 5) is 10.5. The van der Waals surface area contributed by atoms with Crippen molar-refractivity contribution >= 4 is 23.3 Å². The van der Waals surface area contributed by atoms with E-state index in [1.54, 1.807) is 0 Å². The molecule has 1 rings (SSSR count). The van der Waals surface area contributed by atoms with Gasteiger partial charge in [-0.15, -0.1) is 0 Å². The van der Waals surface area contributed by atoms with Gasteiger partial charge in [0.25, 0.3) is 0 Å². The van der Waals surface area contributed by atoms with Gasteiger partial charge in [-0.2, -0.15) is 0 Å². The van der Waals surface area contributed by atoms with Gasteiger partial charge in [-0.05, 0) is 30.5 Å². The van der Waals surface area contributed by atoms with Gasteiger partial charge in [0, 0.05) is 10.7 Å². The Morgan fingerprint density at radius 3 is 2.32 bits per heavy atom. The number of hydrogen-bond donors (Lipinski definition) is 2. The number of carboxylic acid groups (broad SMARTS) is 1. The van der Waals surface area contributed by atoms with Crippen LogP contribution >= 0.6 is 11.6 Å². The molecule has 0 aromatic heterocycles. The van der Waals surface area contributed by atoms with E-state index < -0.39 is 5.97 Å². The predicted octanol–water partition coefficient (Wildman–Crippen LogP) is 5.52. The molecule has 0 saturated carbocycles. The molecule has 4 heteroatoms. The highest BCUT2D eigenvalue weighted by Crippen LogP contribution is 2.23. The summed E-state index contributed by atoms with van der Waals surface area (Å²) in [5, 5.41) is 12.2. The van der Waals surface area contributed by atoms with Crippen LogP contribution in [0.15, 0.2) is 18.2 Å². The van der Waals surface area contributed by atoms with E-state index in [1.165, 1.54) is 44.9 Å². The molecule has 1 aromatic rings. The van der Waals surface area contributed by atoms with Crippen molar-refractivity contribution in [1.82, 2.24) is 0 Å². The Labute approximate surface area is 139 Å². The molecular weight excluding hydrogens is 298 g/mol. The van der Waals surface area contributed by atoms with Crippen LogP contribution in [0, 0.1) is 0 Å². The second-order valence-corrected chi connectivity index (χ2v) is 6.19. The summed E-state index contributed by atoms with van der Waals surface area (Å²) in [6.07, 6.45) is 11.4. The highest BCUT2D eigenvalue weighted by atomic mass is 35.5. The summed E-state index contributed by atoms with van der Waals surface area (Å²) in [6.45, 7) is 2.15. The number of halogens is 1. The second-order valence-electron chi connectivity index (χ2n) is 5.78. The molecule has 22 heavy (non-hydrogen) atoms. The molecule has 0 spiro atoms. The van der Waals surface area contributed by atoms with Crippen LogP contribution in [-0.2, 0) is 11.2 Å². The smallest absolute Gasteiger partial charge is 0.322 e. The lowest BCUT2D eigenvalue weighted by molar-refractivity contribution is -0.134. The first-order valence-electron chi connectivity index (χ1n) is 8.37. The van der Waals surface area contributed by atoms with Gasteiger partial charge in [0.05, 0.1) is 0 Å². The molecule has 0 aliphatic heterocycles. The molecule has 3 nitrogen and oxygen atoms in total. The van der Waals surface area contributed by atoms with E-state index in [1.807, 2.05) is 18.2 Å². The van der Waals surface area contributed by atoms with Crippen molar-refractivity contribution in [3.63, 3.8) is 0 Å². The summed E-state index contributed by atoms with van der Waals surface area (Å²) in [5.41, 5.74) is 1.90. The van der Waals surface area contributed by atoms with Crippen LogP contribution < -0.4 is 5.32 Å². The first-order chi connectivity index (χ1) is 10.6. The third-order valence-corrected chi connectivity index (χ3v) is 4.15. The van der Waals surface area contributed by atoms with E-state index in [2.05, 4.69) is 12.2 Å². The van der Waals surface area contributed by atoms with Crippen LogP contribution in [0.1, 0.15) is 63.9 Å². The van der Waals surface area contributed by atoms with Crippen molar-refractivity contribution in [2.75, 3.05) is 11.9 Å². The minimum atomic E-state index is -0.876. The Kier molecular flexibility index (Phi) is 9.72. The highest BCUT2D eigenvalue weighted by Gasteiger charge is 2.03. The largest absolute Gasteiger partial charge is 0.480 e. The number of aryl methyl sites for hydroxylation is 1. The molecule has 0 bridgehead atoms. The normalized spacial score (nSPS) is 10.6. The van der Waals surface area contributed by atoms with Gasteiger partial charge in [0.2, 0.25) is 0 Å². The van der Waals surface area contributed by atoms with Crippen molar-refractivity contribution in [3.05, 3.63) is 28.8 Å². The van der Waals surface area contributed by atoms with Crippen molar-refractivity contribution in [3.8, 4) is 0 Å². The van der Waals surface area contributed by atoms with Crippen LogP contribution in [-0.4, -0.2) is 17.6 Å². The topological polar surface area (TPSA) is 49.3 Å². The Bertz CT molecular complexity index is 449. The Morgan fingerprint density at radius 2 is 1.73 bits per heavy atom. The van der Waals surface area contributed by atoms with Gasteiger partial charge >= 0.3 is 5.97 Å². The molecule has 124 valence electrons. The number of carboxylic acids is 1. The number of nitrogens with one attached hydrogen (secondary N) is 1. The lowest BCUT2D eigenvalue weighted by Gasteiger charge is -2.08. The fraction of sp³-hybridized carbons (Fsp3) is 0.611. The molecule has 0 radical (unpaired) electrons. The maximum Gasteiger partial charge on any atom is 0.322 e. The van der Waals surface area contributed by atoms with E-state index in [-0.39, 0.29) is 6.54 Å². The van der Waals surface area contributed by atoms with Crippen LogP contribution in [0.5, 0.6) is 0 Å². The Hall–Kier alpha value is -1.22. The monoisotopic (exact) mass is 325 g/mol. The number of aliphatic carboxylic acids is 1. The van der Waals surface area contributed by atoms with Gasteiger partial charge in [-0.1, -0.05) is 69.5 Å². The average Bonchev–Trinajstić information content (AvgIpc) is 2.49. The summed E-state index contributed by atoms with van der Waals surface area (Å²) >= 11 is 6.25. The quantitative estimate of drug-likeness (QED) is 0.497. The lowest BCUT2D eigenvalue weighted by Crippen LogP contribution is -2.12. The molecule has 0 aliphatic carbocycles. The molecule has 0 saturated heterocycles. The number of hydrogen-bond acceptors (Lipinski definition) is 2. The molecule has 0 unspecified atom stereocenters.